The summed E-state index contributed by atoms with van der Waals surface area (Å²) in [5.74, 6) is -0.546. The van der Waals surface area contributed by atoms with E-state index in [0.29, 0.717) is 16.4 Å². The molecule has 6 nitrogen and oxygen atoms in total. The van der Waals surface area contributed by atoms with E-state index in [-0.39, 0.29) is 6.54 Å². The van der Waals surface area contributed by atoms with Gasteiger partial charge in [-0.2, -0.15) is 5.10 Å². The second-order valence-corrected chi connectivity index (χ2v) is 9.08. The lowest BCUT2D eigenvalue weighted by atomic mass is 10.1. The maximum atomic E-state index is 12.2. The minimum atomic E-state index is -3.64. The Kier molecular flexibility index (Phi) is 7.01. The number of anilines is 1. The van der Waals surface area contributed by atoms with Crippen LogP contribution in [0.5, 0.6) is 0 Å². The van der Waals surface area contributed by atoms with Gasteiger partial charge in [0.15, 0.2) is 0 Å². The van der Waals surface area contributed by atoms with Crippen LogP contribution in [-0.2, 0) is 14.8 Å². The van der Waals surface area contributed by atoms with E-state index in [1.807, 2.05) is 24.3 Å². The Morgan fingerprint density at radius 1 is 1.23 bits per heavy atom. The van der Waals surface area contributed by atoms with Crippen LogP contribution < -0.4 is 9.73 Å². The van der Waals surface area contributed by atoms with Crippen molar-refractivity contribution in [2.75, 3.05) is 17.1 Å². The fourth-order valence-electron chi connectivity index (χ4n) is 2.10. The second kappa shape index (κ2) is 8.83. The van der Waals surface area contributed by atoms with Gasteiger partial charge in [0, 0.05) is 8.59 Å². The minimum absolute atomic E-state index is 0.352. The third-order valence-corrected chi connectivity index (χ3v) is 5.46. The number of carbonyl (C=O) groups excluding carboxylic acids is 1. The molecule has 0 unspecified atom stereocenters. The highest BCUT2D eigenvalue weighted by Gasteiger charge is 2.20. The Labute approximate surface area is 171 Å². The standard InChI is InChI=1S/C17H17ClIN3O3S/c1-12(13-4-3-5-15(19)10-13)20-21-17(23)11-22(26(2,24)25)16-8-6-14(18)7-9-16/h3-10H,11H2,1-2H3,(H,21,23)/b20-12-. The van der Waals surface area contributed by atoms with Crippen molar-refractivity contribution >= 4 is 61.5 Å². The van der Waals surface area contributed by atoms with Gasteiger partial charge < -0.3 is 0 Å². The van der Waals surface area contributed by atoms with E-state index < -0.39 is 15.9 Å². The fourth-order valence-corrected chi connectivity index (χ4v) is 3.62. The molecule has 0 spiro atoms. The molecule has 1 amide bonds. The molecule has 2 rings (SSSR count). The van der Waals surface area contributed by atoms with Gasteiger partial charge in [0.05, 0.1) is 17.7 Å². The van der Waals surface area contributed by atoms with Crippen molar-refractivity contribution in [1.29, 1.82) is 0 Å². The largest absolute Gasteiger partial charge is 0.271 e. The van der Waals surface area contributed by atoms with Gasteiger partial charge in [0.1, 0.15) is 6.54 Å². The molecule has 0 radical (unpaired) electrons. The van der Waals surface area contributed by atoms with Crippen LogP contribution in [0.1, 0.15) is 12.5 Å². The summed E-state index contributed by atoms with van der Waals surface area (Å²) in [6.45, 7) is 1.38. The molecule has 0 aliphatic carbocycles. The molecule has 0 aromatic heterocycles. The van der Waals surface area contributed by atoms with Crippen molar-refractivity contribution in [2.45, 2.75) is 6.92 Å². The molecule has 26 heavy (non-hydrogen) atoms. The topological polar surface area (TPSA) is 78.8 Å². The quantitative estimate of drug-likeness (QED) is 0.372. The van der Waals surface area contributed by atoms with E-state index in [9.17, 15) is 13.2 Å². The third kappa shape index (κ3) is 5.96. The minimum Gasteiger partial charge on any atom is -0.271 e. The predicted octanol–water partition coefficient (Wildman–Crippen LogP) is 3.25. The van der Waals surface area contributed by atoms with Gasteiger partial charge in [-0.3, -0.25) is 9.10 Å². The molecule has 0 heterocycles. The maximum Gasteiger partial charge on any atom is 0.260 e. The van der Waals surface area contributed by atoms with Crippen molar-refractivity contribution in [3.63, 3.8) is 0 Å². The maximum absolute atomic E-state index is 12.2. The fraction of sp³-hybridized carbons (Fsp3) is 0.176. The first-order chi connectivity index (χ1) is 12.2. The van der Waals surface area contributed by atoms with Gasteiger partial charge in [0.2, 0.25) is 10.0 Å². The summed E-state index contributed by atoms with van der Waals surface area (Å²) >= 11 is 8.01. The number of rotatable bonds is 6. The van der Waals surface area contributed by atoms with E-state index in [0.717, 1.165) is 19.7 Å². The van der Waals surface area contributed by atoms with Crippen LogP contribution in [0.25, 0.3) is 0 Å². The van der Waals surface area contributed by atoms with Crippen LogP contribution in [0, 0.1) is 3.57 Å². The monoisotopic (exact) mass is 505 g/mol. The number of hydrazone groups is 1. The second-order valence-electron chi connectivity index (χ2n) is 5.49. The number of benzene rings is 2. The van der Waals surface area contributed by atoms with Gasteiger partial charge in [-0.05, 0) is 71.5 Å². The normalized spacial score (nSPS) is 11.9. The zero-order chi connectivity index (χ0) is 19.3. The SMILES string of the molecule is C/C(=N/NC(=O)CN(c1ccc(Cl)cc1)S(C)(=O)=O)c1cccc(I)c1. The number of nitrogens with one attached hydrogen (secondary N) is 1. The van der Waals surface area contributed by atoms with Crippen LogP contribution in [0.3, 0.4) is 0 Å². The van der Waals surface area contributed by atoms with Gasteiger partial charge in [-0.25, -0.2) is 13.8 Å². The van der Waals surface area contributed by atoms with E-state index in [4.69, 9.17) is 11.6 Å². The van der Waals surface area contributed by atoms with Crippen LogP contribution in [0.4, 0.5) is 5.69 Å². The molecular formula is C17H17ClIN3O3S. The molecule has 0 saturated carbocycles. The van der Waals surface area contributed by atoms with Gasteiger partial charge in [0.25, 0.3) is 5.91 Å². The van der Waals surface area contributed by atoms with Crippen molar-refractivity contribution in [3.8, 4) is 0 Å². The lowest BCUT2D eigenvalue weighted by molar-refractivity contribution is -0.119. The predicted molar refractivity (Wildman–Crippen MR) is 113 cm³/mol. The Morgan fingerprint density at radius 3 is 2.46 bits per heavy atom. The molecule has 0 bridgehead atoms. The number of sulfonamides is 1. The molecule has 0 saturated heterocycles. The van der Waals surface area contributed by atoms with Crippen molar-refractivity contribution in [3.05, 3.63) is 62.7 Å². The first kappa shape index (κ1) is 20.7. The summed E-state index contributed by atoms with van der Waals surface area (Å²) in [6, 6.07) is 13.9. The highest BCUT2D eigenvalue weighted by Crippen LogP contribution is 2.20. The van der Waals surface area contributed by atoms with Crippen molar-refractivity contribution in [1.82, 2.24) is 5.43 Å². The molecule has 0 atom stereocenters. The number of hydrogen-bond acceptors (Lipinski definition) is 4. The van der Waals surface area contributed by atoms with E-state index in [1.165, 1.54) is 12.1 Å². The van der Waals surface area contributed by atoms with Gasteiger partial charge >= 0.3 is 0 Å². The van der Waals surface area contributed by atoms with Crippen molar-refractivity contribution in [2.24, 2.45) is 5.10 Å². The van der Waals surface area contributed by atoms with Crippen LogP contribution in [-0.4, -0.2) is 32.8 Å². The highest BCUT2D eigenvalue weighted by molar-refractivity contribution is 14.1. The summed E-state index contributed by atoms with van der Waals surface area (Å²) in [6.07, 6.45) is 1.04. The number of carbonyl (C=O) groups is 1. The van der Waals surface area contributed by atoms with Gasteiger partial charge in [-0.15, -0.1) is 0 Å². The Morgan fingerprint density at radius 2 is 1.88 bits per heavy atom. The summed E-state index contributed by atoms with van der Waals surface area (Å²) < 4.78 is 26.1. The number of nitrogens with zero attached hydrogens (tertiary/aromatic N) is 2. The summed E-state index contributed by atoms with van der Waals surface area (Å²) in [5.41, 5.74) is 4.24. The molecule has 9 heteroatoms. The summed E-state index contributed by atoms with van der Waals surface area (Å²) in [7, 11) is -3.64. The van der Waals surface area contributed by atoms with Crippen LogP contribution >= 0.6 is 34.2 Å². The molecule has 2 aromatic carbocycles. The lowest BCUT2D eigenvalue weighted by Gasteiger charge is -2.21. The van der Waals surface area contributed by atoms with Crippen LogP contribution in [0.2, 0.25) is 5.02 Å². The summed E-state index contributed by atoms with van der Waals surface area (Å²) in [5, 5.41) is 4.53. The van der Waals surface area contributed by atoms with E-state index >= 15 is 0 Å². The molecular weight excluding hydrogens is 489 g/mol. The number of hydrogen-bond donors (Lipinski definition) is 1. The highest BCUT2D eigenvalue weighted by atomic mass is 127. The smallest absolute Gasteiger partial charge is 0.260 e. The number of amides is 1. The zero-order valence-electron chi connectivity index (χ0n) is 14.1. The average molecular weight is 506 g/mol. The summed E-state index contributed by atoms with van der Waals surface area (Å²) in [4.78, 5) is 12.2. The van der Waals surface area contributed by atoms with E-state index in [2.05, 4.69) is 33.1 Å². The molecule has 0 fully saturated rings. The lowest BCUT2D eigenvalue weighted by Crippen LogP contribution is -2.39. The van der Waals surface area contributed by atoms with E-state index in [1.54, 1.807) is 19.1 Å². The average Bonchev–Trinajstić information content (AvgIpc) is 2.57. The molecule has 138 valence electrons. The first-order valence-corrected chi connectivity index (χ1v) is 10.8. The van der Waals surface area contributed by atoms with Gasteiger partial charge in [-0.1, -0.05) is 23.7 Å². The van der Waals surface area contributed by atoms with Crippen LogP contribution in [0.15, 0.2) is 53.6 Å². The first-order valence-electron chi connectivity index (χ1n) is 7.49. The Hall–Kier alpha value is -1.65. The zero-order valence-corrected chi connectivity index (χ0v) is 17.8. The Bertz CT molecular complexity index is 931. The molecule has 1 N–H and O–H groups in total. The molecule has 2 aromatic rings. The number of halogens is 2. The molecule has 0 aliphatic heterocycles. The van der Waals surface area contributed by atoms with Crippen molar-refractivity contribution < 1.29 is 13.2 Å². The Balaban J connectivity index is 2.12. The molecule has 0 aliphatic rings. The third-order valence-electron chi connectivity index (χ3n) is 3.39.